The van der Waals surface area contributed by atoms with E-state index in [1.54, 1.807) is 19.3 Å². The zero-order valence-electron chi connectivity index (χ0n) is 17.5. The van der Waals surface area contributed by atoms with E-state index in [2.05, 4.69) is 0 Å². The molecule has 0 bridgehead atoms. The molecular weight excluding hydrogens is 387 g/mol. The van der Waals surface area contributed by atoms with Crippen LogP contribution in [0.2, 0.25) is 0 Å². The molecule has 5 nitrogen and oxygen atoms in total. The molecule has 0 heterocycles. The Morgan fingerprint density at radius 3 is 2.83 bits per heavy atom. The Kier molecular flexibility index (Phi) is 10.2. The number of ether oxygens (including phenoxy) is 1. The third-order valence-electron chi connectivity index (χ3n) is 5.51. The minimum Gasteiger partial charge on any atom is -0.481 e. The van der Waals surface area contributed by atoms with Gasteiger partial charge >= 0.3 is 5.97 Å². The van der Waals surface area contributed by atoms with E-state index in [0.717, 1.165) is 11.1 Å². The molecule has 1 aromatic rings. The van der Waals surface area contributed by atoms with Crippen molar-refractivity contribution in [3.8, 4) is 0 Å². The first-order valence-electron chi connectivity index (χ1n) is 10.5. The smallest absolute Gasteiger partial charge is 0.303 e. The van der Waals surface area contributed by atoms with Crippen LogP contribution in [-0.2, 0) is 22.6 Å². The molecule has 0 spiro atoms. The molecule has 1 aliphatic rings. The van der Waals surface area contributed by atoms with E-state index in [4.69, 9.17) is 9.84 Å². The fraction of sp³-hybridized carbons (Fsp3) is 0.542. The summed E-state index contributed by atoms with van der Waals surface area (Å²) in [5.74, 6) is -1.51. The van der Waals surface area contributed by atoms with Gasteiger partial charge in [-0.1, -0.05) is 48.6 Å². The van der Waals surface area contributed by atoms with Crippen LogP contribution in [0, 0.1) is 11.8 Å². The highest BCUT2D eigenvalue weighted by molar-refractivity contribution is 5.66. The lowest BCUT2D eigenvalue weighted by atomic mass is 9.89. The number of aliphatic carboxylic acids is 1. The number of unbranched alkanes of at least 4 members (excludes halogenated alkanes) is 1. The van der Waals surface area contributed by atoms with Crippen molar-refractivity contribution in [3.05, 3.63) is 59.7 Å². The van der Waals surface area contributed by atoms with Gasteiger partial charge in [-0.25, -0.2) is 4.39 Å². The highest BCUT2D eigenvalue weighted by Crippen LogP contribution is 2.38. The van der Waals surface area contributed by atoms with E-state index in [1.165, 1.54) is 0 Å². The lowest BCUT2D eigenvalue weighted by molar-refractivity contribution is -0.137. The molecule has 1 aromatic carbocycles. The number of rotatable bonds is 12. The van der Waals surface area contributed by atoms with E-state index >= 15 is 0 Å². The number of carbonyl (C=O) groups is 1. The number of allylic oxidation sites excluding steroid dienone is 2. The quantitative estimate of drug-likeness (QED) is 0.353. The molecule has 5 atom stereocenters. The third-order valence-corrected chi connectivity index (χ3v) is 5.51. The van der Waals surface area contributed by atoms with Crippen molar-refractivity contribution in [1.29, 1.82) is 0 Å². The third kappa shape index (κ3) is 8.01. The zero-order valence-corrected chi connectivity index (χ0v) is 17.5. The minimum atomic E-state index is -1.10. The van der Waals surface area contributed by atoms with Gasteiger partial charge in [0.2, 0.25) is 0 Å². The molecule has 0 aliphatic heterocycles. The molecule has 0 amide bonds. The second-order valence-corrected chi connectivity index (χ2v) is 7.96. The summed E-state index contributed by atoms with van der Waals surface area (Å²) in [7, 11) is 1.64. The van der Waals surface area contributed by atoms with Crippen molar-refractivity contribution in [1.82, 2.24) is 0 Å². The van der Waals surface area contributed by atoms with Gasteiger partial charge < -0.3 is 20.1 Å². The van der Waals surface area contributed by atoms with Gasteiger partial charge in [0.1, 0.15) is 6.17 Å². The summed E-state index contributed by atoms with van der Waals surface area (Å²) in [6, 6.07) is 7.81. The number of carboxylic acid groups (broad SMARTS) is 1. The molecule has 1 saturated carbocycles. The monoisotopic (exact) mass is 420 g/mol. The fourth-order valence-electron chi connectivity index (χ4n) is 3.99. The van der Waals surface area contributed by atoms with E-state index in [-0.39, 0.29) is 24.7 Å². The number of hydrogen-bond donors (Lipinski definition) is 3. The highest BCUT2D eigenvalue weighted by Gasteiger charge is 2.40. The number of benzene rings is 1. The normalized spacial score (nSPS) is 25.3. The van der Waals surface area contributed by atoms with Gasteiger partial charge in [-0.2, -0.15) is 0 Å². The van der Waals surface area contributed by atoms with Gasteiger partial charge in [0, 0.05) is 38.2 Å². The largest absolute Gasteiger partial charge is 0.481 e. The van der Waals surface area contributed by atoms with Crippen molar-refractivity contribution in [2.75, 3.05) is 7.11 Å². The van der Waals surface area contributed by atoms with Crippen LogP contribution in [0.4, 0.5) is 4.39 Å². The van der Waals surface area contributed by atoms with Crippen LogP contribution in [0.25, 0.3) is 0 Å². The van der Waals surface area contributed by atoms with Crippen LogP contribution in [-0.4, -0.2) is 46.8 Å². The molecule has 6 heteroatoms. The Morgan fingerprint density at radius 1 is 1.33 bits per heavy atom. The fourth-order valence-corrected chi connectivity index (χ4v) is 3.99. The molecule has 0 radical (unpaired) electrons. The molecular formula is C24H33FO5. The number of halogens is 1. The van der Waals surface area contributed by atoms with Crippen LogP contribution in [0.1, 0.15) is 43.2 Å². The van der Waals surface area contributed by atoms with Gasteiger partial charge in [0.05, 0.1) is 18.8 Å². The van der Waals surface area contributed by atoms with Gasteiger partial charge in [0.15, 0.2) is 0 Å². The highest BCUT2D eigenvalue weighted by atomic mass is 19.1. The molecule has 2 rings (SSSR count). The molecule has 0 unspecified atom stereocenters. The van der Waals surface area contributed by atoms with E-state index in [1.807, 2.05) is 36.4 Å². The molecule has 1 aliphatic carbocycles. The first-order chi connectivity index (χ1) is 14.4. The average Bonchev–Trinajstić information content (AvgIpc) is 2.95. The Balaban J connectivity index is 1.89. The first-order valence-corrected chi connectivity index (χ1v) is 10.5. The van der Waals surface area contributed by atoms with Gasteiger partial charge in [-0.15, -0.1) is 0 Å². The Bertz CT molecular complexity index is 717. The topological polar surface area (TPSA) is 87.0 Å². The van der Waals surface area contributed by atoms with Crippen molar-refractivity contribution in [2.45, 2.75) is 63.5 Å². The number of aliphatic hydroxyl groups excluding tert-OH is 2. The summed E-state index contributed by atoms with van der Waals surface area (Å²) in [6.07, 6.45) is 6.89. The summed E-state index contributed by atoms with van der Waals surface area (Å²) in [4.78, 5) is 10.5. The van der Waals surface area contributed by atoms with E-state index in [0.29, 0.717) is 32.3 Å². The first kappa shape index (κ1) is 24.3. The Labute approximate surface area is 177 Å². The molecule has 166 valence electrons. The maximum Gasteiger partial charge on any atom is 0.303 e. The Hall–Kier alpha value is -2.02. The minimum absolute atomic E-state index is 0.0989. The zero-order chi connectivity index (χ0) is 21.9. The number of carboxylic acids is 1. The second kappa shape index (κ2) is 12.6. The summed E-state index contributed by atoms with van der Waals surface area (Å²) in [6.45, 7) is 0.511. The summed E-state index contributed by atoms with van der Waals surface area (Å²) < 4.78 is 19.5. The number of alkyl halides is 1. The average molecular weight is 421 g/mol. The lowest BCUT2D eigenvalue weighted by Crippen LogP contribution is -2.19. The second-order valence-electron chi connectivity index (χ2n) is 7.96. The molecule has 30 heavy (non-hydrogen) atoms. The van der Waals surface area contributed by atoms with Crippen molar-refractivity contribution < 1.29 is 29.2 Å². The predicted molar refractivity (Wildman–Crippen MR) is 114 cm³/mol. The predicted octanol–water partition coefficient (Wildman–Crippen LogP) is 3.83. The van der Waals surface area contributed by atoms with E-state index < -0.39 is 24.3 Å². The maximum atomic E-state index is 14.4. The van der Waals surface area contributed by atoms with Crippen LogP contribution < -0.4 is 0 Å². The van der Waals surface area contributed by atoms with Crippen LogP contribution in [0.3, 0.4) is 0 Å². The molecule has 3 N–H and O–H groups in total. The van der Waals surface area contributed by atoms with Crippen LogP contribution >= 0.6 is 0 Å². The summed E-state index contributed by atoms with van der Waals surface area (Å²) in [5.41, 5.74) is 2.02. The number of methoxy groups -OCH3 is 1. The van der Waals surface area contributed by atoms with Crippen molar-refractivity contribution in [2.24, 2.45) is 11.8 Å². The van der Waals surface area contributed by atoms with E-state index in [9.17, 15) is 19.4 Å². The Morgan fingerprint density at radius 2 is 2.10 bits per heavy atom. The maximum absolute atomic E-state index is 14.4. The SMILES string of the molecule is COCc1cccc(C[C@H](O)C=C[C@@H]2[C@@H](CC=CCCCC(=O)O)[C@H](F)C[C@H]2O)c1. The van der Waals surface area contributed by atoms with Gasteiger partial charge in [-0.3, -0.25) is 4.79 Å². The standard InChI is InChI=1S/C24H33FO5/c1-30-16-18-8-6-7-17(13-18)14-19(26)11-12-21-20(22(25)15-23(21)27)9-4-2-3-5-10-24(28)29/h2,4,6-8,11-13,19-23,26-27H,3,5,9-10,14-16H2,1H3,(H,28,29)/t19-,20-,21-,22-,23-/m1/s1. The molecule has 1 fully saturated rings. The summed E-state index contributed by atoms with van der Waals surface area (Å²) in [5, 5.41) is 29.3. The molecule has 0 aromatic heterocycles. The van der Waals surface area contributed by atoms with Gasteiger partial charge in [0.25, 0.3) is 0 Å². The number of hydrogen-bond acceptors (Lipinski definition) is 4. The van der Waals surface area contributed by atoms with Crippen molar-refractivity contribution in [3.63, 3.8) is 0 Å². The van der Waals surface area contributed by atoms with Crippen LogP contribution in [0.15, 0.2) is 48.6 Å². The lowest BCUT2D eigenvalue weighted by Gasteiger charge is -2.19. The van der Waals surface area contributed by atoms with Crippen LogP contribution in [0.5, 0.6) is 0 Å². The number of aliphatic hydroxyl groups is 2. The molecule has 0 saturated heterocycles. The van der Waals surface area contributed by atoms with Crippen molar-refractivity contribution >= 4 is 5.97 Å². The van der Waals surface area contributed by atoms with Gasteiger partial charge in [-0.05, 0) is 30.4 Å². The summed E-state index contributed by atoms with van der Waals surface area (Å²) >= 11 is 0.